The Kier molecular flexibility index (Phi) is 5.52. The van der Waals surface area contributed by atoms with E-state index in [1.54, 1.807) is 12.1 Å². The minimum absolute atomic E-state index is 0.0162. The maximum Gasteiger partial charge on any atom is 0.238 e. The van der Waals surface area contributed by atoms with Crippen LogP contribution in [0.1, 0.15) is 12.5 Å². The topological polar surface area (TPSA) is 98.5 Å². The molecule has 1 aromatic rings. The summed E-state index contributed by atoms with van der Waals surface area (Å²) in [5, 5.41) is 1.30. The predicted molar refractivity (Wildman–Crippen MR) is 77.1 cm³/mol. The first kappa shape index (κ1) is 16.5. The lowest BCUT2D eigenvalue weighted by atomic mass is 10.2. The van der Waals surface area contributed by atoms with E-state index in [-0.39, 0.29) is 17.1 Å². The van der Waals surface area contributed by atoms with E-state index in [4.69, 9.17) is 10.5 Å². The van der Waals surface area contributed by atoms with Crippen molar-refractivity contribution in [2.75, 3.05) is 26.0 Å². The molecule has 1 atom stereocenters. The molecule has 0 radical (unpaired) electrons. The maximum atomic E-state index is 12.4. The van der Waals surface area contributed by atoms with Gasteiger partial charge in [0, 0.05) is 13.7 Å². The van der Waals surface area contributed by atoms with E-state index in [1.807, 2.05) is 6.92 Å². The minimum Gasteiger partial charge on any atom is -0.398 e. The summed E-state index contributed by atoms with van der Waals surface area (Å²) in [6.45, 7) is 3.74. The van der Waals surface area contributed by atoms with Crippen LogP contribution < -0.4 is 11.1 Å². The van der Waals surface area contributed by atoms with Gasteiger partial charge in [-0.05, 0) is 31.5 Å². The number of methoxy groups -OCH3 is 1. The Morgan fingerprint density at radius 2 is 2.10 bits per heavy atom. The van der Waals surface area contributed by atoms with E-state index in [9.17, 15) is 13.2 Å². The molecule has 1 amide bonds. The van der Waals surface area contributed by atoms with Gasteiger partial charge in [-0.1, -0.05) is 6.07 Å². The van der Waals surface area contributed by atoms with E-state index in [2.05, 4.69) is 5.32 Å². The molecule has 0 saturated carbocycles. The molecule has 0 aromatic heterocycles. The molecular formula is C13H20N2O4S. The van der Waals surface area contributed by atoms with Crippen molar-refractivity contribution in [3.63, 3.8) is 0 Å². The number of aryl methyl sites for hydroxylation is 1. The highest BCUT2D eigenvalue weighted by atomic mass is 32.2. The molecular weight excluding hydrogens is 280 g/mol. The summed E-state index contributed by atoms with van der Waals surface area (Å²) in [5.74, 6) is -0.568. The van der Waals surface area contributed by atoms with Crippen molar-refractivity contribution in [1.82, 2.24) is 5.32 Å². The average Bonchev–Trinajstić information content (AvgIpc) is 2.37. The van der Waals surface area contributed by atoms with Crippen molar-refractivity contribution < 1.29 is 17.9 Å². The number of carbonyl (C=O) groups excluding carboxylic acids is 1. The number of benzene rings is 1. The molecule has 3 N–H and O–H groups in total. The van der Waals surface area contributed by atoms with Gasteiger partial charge >= 0.3 is 0 Å². The molecule has 112 valence electrons. The van der Waals surface area contributed by atoms with E-state index in [1.165, 1.54) is 20.1 Å². The lowest BCUT2D eigenvalue weighted by Gasteiger charge is -2.15. The van der Waals surface area contributed by atoms with Crippen molar-refractivity contribution in [1.29, 1.82) is 0 Å². The van der Waals surface area contributed by atoms with Crippen LogP contribution in [-0.2, 0) is 19.4 Å². The SMILES string of the molecule is COCCNC(=O)C(C)S(=O)(=O)c1ccc(C)cc1N. The van der Waals surface area contributed by atoms with Crippen molar-refractivity contribution >= 4 is 21.4 Å². The van der Waals surface area contributed by atoms with Gasteiger partial charge in [0.2, 0.25) is 5.91 Å². The largest absolute Gasteiger partial charge is 0.398 e. The number of amides is 1. The Bertz CT molecular complexity index is 584. The van der Waals surface area contributed by atoms with Crippen LogP contribution in [0.5, 0.6) is 0 Å². The quantitative estimate of drug-likeness (QED) is 0.589. The molecule has 1 aromatic carbocycles. The minimum atomic E-state index is -3.80. The number of hydrogen-bond donors (Lipinski definition) is 2. The predicted octanol–water partition coefficient (Wildman–Crippen LogP) is 0.502. The van der Waals surface area contributed by atoms with Gasteiger partial charge in [-0.3, -0.25) is 4.79 Å². The van der Waals surface area contributed by atoms with Crippen LogP contribution in [-0.4, -0.2) is 39.8 Å². The number of anilines is 1. The Balaban J connectivity index is 2.95. The molecule has 0 fully saturated rings. The third kappa shape index (κ3) is 3.71. The Hall–Kier alpha value is -1.60. The standard InChI is InChI=1S/C13H20N2O4S/c1-9-4-5-12(11(14)8-9)20(17,18)10(2)13(16)15-6-7-19-3/h4-5,8,10H,6-7,14H2,1-3H3,(H,15,16). The van der Waals surface area contributed by atoms with Crippen molar-refractivity contribution in [2.24, 2.45) is 0 Å². The zero-order chi connectivity index (χ0) is 15.3. The summed E-state index contributed by atoms with van der Waals surface area (Å²) < 4.78 is 29.5. The fourth-order valence-electron chi connectivity index (χ4n) is 1.68. The monoisotopic (exact) mass is 300 g/mol. The van der Waals surface area contributed by atoms with Gasteiger partial charge in [0.25, 0.3) is 0 Å². The Morgan fingerprint density at radius 1 is 1.45 bits per heavy atom. The van der Waals surface area contributed by atoms with Crippen LogP contribution in [0.15, 0.2) is 23.1 Å². The van der Waals surface area contributed by atoms with Gasteiger partial charge in [0.05, 0.1) is 17.2 Å². The lowest BCUT2D eigenvalue weighted by Crippen LogP contribution is -2.39. The molecule has 0 saturated heterocycles. The lowest BCUT2D eigenvalue weighted by molar-refractivity contribution is -0.120. The fourth-order valence-corrected chi connectivity index (χ4v) is 3.07. The molecule has 0 aliphatic heterocycles. The number of carbonyl (C=O) groups is 1. The van der Waals surface area contributed by atoms with Crippen LogP contribution in [0.4, 0.5) is 5.69 Å². The molecule has 20 heavy (non-hydrogen) atoms. The van der Waals surface area contributed by atoms with Crippen LogP contribution in [0.2, 0.25) is 0 Å². The number of nitrogen functional groups attached to an aromatic ring is 1. The molecule has 0 spiro atoms. The van der Waals surface area contributed by atoms with Gasteiger partial charge in [-0.25, -0.2) is 8.42 Å². The van der Waals surface area contributed by atoms with Crippen LogP contribution in [0, 0.1) is 6.92 Å². The summed E-state index contributed by atoms with van der Waals surface area (Å²) >= 11 is 0. The summed E-state index contributed by atoms with van der Waals surface area (Å²) in [5.41, 5.74) is 6.75. The third-order valence-corrected chi connectivity index (χ3v) is 5.04. The number of nitrogens with one attached hydrogen (secondary N) is 1. The second kappa shape index (κ2) is 6.71. The van der Waals surface area contributed by atoms with Crippen LogP contribution in [0.3, 0.4) is 0 Å². The Morgan fingerprint density at radius 3 is 2.65 bits per heavy atom. The van der Waals surface area contributed by atoms with E-state index >= 15 is 0 Å². The first-order valence-electron chi connectivity index (χ1n) is 6.17. The van der Waals surface area contributed by atoms with Crippen molar-refractivity contribution in [3.8, 4) is 0 Å². The molecule has 6 nitrogen and oxygen atoms in total. The normalized spacial score (nSPS) is 12.9. The summed E-state index contributed by atoms with van der Waals surface area (Å²) in [6.07, 6.45) is 0. The van der Waals surface area contributed by atoms with Gasteiger partial charge in [0.1, 0.15) is 5.25 Å². The molecule has 0 aliphatic carbocycles. The molecule has 1 rings (SSSR count). The van der Waals surface area contributed by atoms with Gasteiger partial charge in [0.15, 0.2) is 9.84 Å². The molecule has 1 unspecified atom stereocenters. The summed E-state index contributed by atoms with van der Waals surface area (Å²) in [4.78, 5) is 11.8. The molecule has 0 heterocycles. The summed E-state index contributed by atoms with van der Waals surface area (Å²) in [6, 6.07) is 4.65. The van der Waals surface area contributed by atoms with Crippen molar-refractivity contribution in [3.05, 3.63) is 23.8 Å². The first-order valence-corrected chi connectivity index (χ1v) is 7.72. The maximum absolute atomic E-state index is 12.4. The molecule has 0 bridgehead atoms. The number of nitrogens with two attached hydrogens (primary N) is 1. The number of sulfone groups is 1. The number of ether oxygens (including phenoxy) is 1. The molecule has 0 aliphatic rings. The van der Waals surface area contributed by atoms with Crippen LogP contribution >= 0.6 is 0 Å². The van der Waals surface area contributed by atoms with Gasteiger partial charge in [-0.2, -0.15) is 0 Å². The Labute approximate surface area is 119 Å². The summed E-state index contributed by atoms with van der Waals surface area (Å²) in [7, 11) is -2.30. The fraction of sp³-hybridized carbons (Fsp3) is 0.462. The zero-order valence-electron chi connectivity index (χ0n) is 11.8. The second-order valence-electron chi connectivity index (χ2n) is 4.51. The highest BCUT2D eigenvalue weighted by molar-refractivity contribution is 7.93. The van der Waals surface area contributed by atoms with E-state index in [0.29, 0.717) is 6.61 Å². The second-order valence-corrected chi connectivity index (χ2v) is 6.75. The van der Waals surface area contributed by atoms with Gasteiger partial charge in [-0.15, -0.1) is 0 Å². The molecule has 7 heteroatoms. The highest BCUT2D eigenvalue weighted by Gasteiger charge is 2.31. The first-order chi connectivity index (χ1) is 9.30. The van der Waals surface area contributed by atoms with Crippen LogP contribution in [0.25, 0.3) is 0 Å². The number of rotatable bonds is 6. The number of hydrogen-bond acceptors (Lipinski definition) is 5. The smallest absolute Gasteiger partial charge is 0.238 e. The third-order valence-electron chi connectivity index (χ3n) is 2.91. The average molecular weight is 300 g/mol. The van der Waals surface area contributed by atoms with Crippen molar-refractivity contribution in [2.45, 2.75) is 24.0 Å². The zero-order valence-corrected chi connectivity index (χ0v) is 12.7. The van der Waals surface area contributed by atoms with E-state index in [0.717, 1.165) is 5.56 Å². The van der Waals surface area contributed by atoms with E-state index < -0.39 is 21.0 Å². The van der Waals surface area contributed by atoms with Gasteiger partial charge < -0.3 is 15.8 Å². The highest BCUT2D eigenvalue weighted by Crippen LogP contribution is 2.23.